The smallest absolute Gasteiger partial charge is 0.207 e. The fourth-order valence-electron chi connectivity index (χ4n) is 1.07. The Bertz CT molecular complexity index is 272. The van der Waals surface area contributed by atoms with Crippen molar-refractivity contribution in [3.05, 3.63) is 29.3 Å². The summed E-state index contributed by atoms with van der Waals surface area (Å²) in [4.78, 5) is 4.30. The number of nitrogens with two attached hydrogens (primary N) is 1. The van der Waals surface area contributed by atoms with Crippen molar-refractivity contribution in [2.45, 2.75) is 11.8 Å². The third-order valence-electron chi connectivity index (χ3n) is 1.63. The van der Waals surface area contributed by atoms with Crippen molar-refractivity contribution in [2.75, 3.05) is 6.79 Å². The third kappa shape index (κ3) is 3.35. The first-order valence-electron chi connectivity index (χ1n) is 3.99. The van der Waals surface area contributed by atoms with Crippen LogP contribution < -0.4 is 10.6 Å². The lowest BCUT2D eigenvalue weighted by atomic mass is 10.1. The Morgan fingerprint density at radius 2 is 1.64 bits per heavy atom. The molecule has 0 aromatic heterocycles. The van der Waals surface area contributed by atoms with Crippen LogP contribution in [-0.2, 0) is 16.6 Å². The maximum Gasteiger partial charge on any atom is 0.207 e. The van der Waals surface area contributed by atoms with E-state index in [4.69, 9.17) is 33.8 Å². The lowest BCUT2D eigenvalue weighted by Crippen LogP contribution is -2.07. The van der Waals surface area contributed by atoms with Gasteiger partial charge in [0.2, 0.25) is 6.79 Å². The van der Waals surface area contributed by atoms with E-state index in [-0.39, 0.29) is 6.79 Å². The Morgan fingerprint density at radius 1 is 1.07 bits per heavy atom. The van der Waals surface area contributed by atoms with E-state index in [9.17, 15) is 0 Å². The molecular weight excluding hydrogens is 225 g/mol. The van der Waals surface area contributed by atoms with Gasteiger partial charge in [-0.15, -0.1) is 23.2 Å². The van der Waals surface area contributed by atoms with Gasteiger partial charge >= 0.3 is 0 Å². The molecule has 1 aromatic rings. The van der Waals surface area contributed by atoms with Crippen LogP contribution in [0.15, 0.2) is 18.2 Å². The minimum atomic E-state index is 0.00741. The van der Waals surface area contributed by atoms with E-state index in [2.05, 4.69) is 4.84 Å². The van der Waals surface area contributed by atoms with Gasteiger partial charge in [0.1, 0.15) is 5.75 Å². The summed E-state index contributed by atoms with van der Waals surface area (Å²) in [6, 6.07) is 5.57. The van der Waals surface area contributed by atoms with Gasteiger partial charge in [-0.3, -0.25) is 4.84 Å². The van der Waals surface area contributed by atoms with Crippen LogP contribution >= 0.6 is 23.2 Å². The van der Waals surface area contributed by atoms with Gasteiger partial charge in [-0.05, 0) is 23.3 Å². The molecule has 0 saturated heterocycles. The van der Waals surface area contributed by atoms with Crippen molar-refractivity contribution in [3.63, 3.8) is 0 Å². The molecule has 1 aromatic carbocycles. The third-order valence-corrected chi connectivity index (χ3v) is 2.25. The average molecular weight is 236 g/mol. The molecule has 78 valence electrons. The van der Waals surface area contributed by atoms with Gasteiger partial charge < -0.3 is 4.74 Å². The molecule has 0 spiro atoms. The lowest BCUT2D eigenvalue weighted by molar-refractivity contribution is 0.0144. The molecule has 0 fully saturated rings. The fraction of sp³-hybridized carbons (Fsp3) is 0.333. The molecule has 2 N–H and O–H groups in total. The quantitative estimate of drug-likeness (QED) is 0.485. The minimum Gasteiger partial charge on any atom is -0.466 e. The summed E-state index contributed by atoms with van der Waals surface area (Å²) < 4.78 is 5.18. The van der Waals surface area contributed by atoms with Crippen LogP contribution in [0.2, 0.25) is 0 Å². The molecule has 0 aliphatic rings. The first kappa shape index (κ1) is 11.6. The first-order valence-corrected chi connectivity index (χ1v) is 5.06. The normalized spacial score (nSPS) is 10.2. The summed E-state index contributed by atoms with van der Waals surface area (Å²) in [5.74, 6) is 6.34. The summed E-state index contributed by atoms with van der Waals surface area (Å²) in [5, 5.41) is 0. The Morgan fingerprint density at radius 3 is 2.07 bits per heavy atom. The Hall–Kier alpha value is -0.480. The van der Waals surface area contributed by atoms with Crippen molar-refractivity contribution in [1.82, 2.24) is 0 Å². The van der Waals surface area contributed by atoms with Crippen LogP contribution in [0.3, 0.4) is 0 Å². The summed E-state index contributed by atoms with van der Waals surface area (Å²) in [7, 11) is 0. The van der Waals surface area contributed by atoms with Gasteiger partial charge in [0.05, 0.1) is 0 Å². The maximum absolute atomic E-state index is 5.71. The Balaban J connectivity index is 2.81. The molecule has 0 aliphatic heterocycles. The predicted octanol–water partition coefficient (Wildman–Crippen LogP) is 2.39. The minimum absolute atomic E-state index is 0.00741. The first-order chi connectivity index (χ1) is 6.80. The zero-order valence-corrected chi connectivity index (χ0v) is 9.02. The molecule has 0 aliphatic carbocycles. The van der Waals surface area contributed by atoms with E-state index in [0.717, 1.165) is 11.1 Å². The zero-order chi connectivity index (χ0) is 10.4. The molecule has 0 heterocycles. The van der Waals surface area contributed by atoms with Gasteiger partial charge in [0.25, 0.3) is 0 Å². The van der Waals surface area contributed by atoms with Crippen LogP contribution in [0, 0.1) is 0 Å². The molecule has 0 bridgehead atoms. The molecule has 5 heteroatoms. The maximum atomic E-state index is 5.71. The SMILES string of the molecule is NOCOc1cc(CCl)cc(CCl)c1. The highest BCUT2D eigenvalue weighted by atomic mass is 35.5. The highest BCUT2D eigenvalue weighted by Gasteiger charge is 2.00. The highest BCUT2D eigenvalue weighted by Crippen LogP contribution is 2.19. The van der Waals surface area contributed by atoms with Gasteiger partial charge in [0.15, 0.2) is 0 Å². The van der Waals surface area contributed by atoms with Crippen molar-refractivity contribution in [3.8, 4) is 5.75 Å². The van der Waals surface area contributed by atoms with Crippen LogP contribution in [0.5, 0.6) is 5.75 Å². The van der Waals surface area contributed by atoms with Crippen LogP contribution in [-0.4, -0.2) is 6.79 Å². The molecule has 0 saturated carbocycles. The van der Waals surface area contributed by atoms with Gasteiger partial charge in [-0.25, -0.2) is 5.90 Å². The topological polar surface area (TPSA) is 44.5 Å². The van der Waals surface area contributed by atoms with Gasteiger partial charge in [0, 0.05) is 11.8 Å². The summed E-state index contributed by atoms with van der Waals surface area (Å²) in [5.41, 5.74) is 1.91. The van der Waals surface area contributed by atoms with E-state index in [1.54, 1.807) is 0 Å². The highest BCUT2D eigenvalue weighted by molar-refractivity contribution is 6.17. The van der Waals surface area contributed by atoms with Crippen molar-refractivity contribution >= 4 is 23.2 Å². The molecule has 3 nitrogen and oxygen atoms in total. The van der Waals surface area contributed by atoms with Gasteiger partial charge in [-0.2, -0.15) is 0 Å². The number of ether oxygens (including phenoxy) is 1. The fourth-order valence-corrected chi connectivity index (χ4v) is 1.38. The number of benzene rings is 1. The summed E-state index contributed by atoms with van der Waals surface area (Å²) in [6.07, 6.45) is 0. The standard InChI is InChI=1S/C9H11Cl2NO2/c10-4-7-1-8(5-11)3-9(2-7)13-6-14-12/h1-3H,4-6,12H2. The van der Waals surface area contributed by atoms with Crippen molar-refractivity contribution in [2.24, 2.45) is 5.90 Å². The summed E-state index contributed by atoms with van der Waals surface area (Å²) >= 11 is 11.4. The second-order valence-electron chi connectivity index (χ2n) is 2.68. The zero-order valence-electron chi connectivity index (χ0n) is 7.50. The van der Waals surface area contributed by atoms with Crippen molar-refractivity contribution < 1.29 is 9.57 Å². The predicted molar refractivity (Wildman–Crippen MR) is 56.3 cm³/mol. The van der Waals surface area contributed by atoms with Gasteiger partial charge in [-0.1, -0.05) is 6.07 Å². The van der Waals surface area contributed by atoms with Crippen molar-refractivity contribution in [1.29, 1.82) is 0 Å². The second kappa shape index (κ2) is 6.09. The monoisotopic (exact) mass is 235 g/mol. The van der Waals surface area contributed by atoms with E-state index in [1.165, 1.54) is 0 Å². The number of rotatable bonds is 5. The Labute approximate surface area is 92.7 Å². The molecular formula is C9H11Cl2NO2. The largest absolute Gasteiger partial charge is 0.466 e. The number of hydrogen-bond donors (Lipinski definition) is 1. The molecule has 1 rings (SSSR count). The number of halogens is 2. The molecule has 0 unspecified atom stereocenters. The second-order valence-corrected chi connectivity index (χ2v) is 3.22. The van der Waals surface area contributed by atoms with E-state index in [0.29, 0.717) is 17.5 Å². The van der Waals surface area contributed by atoms with Crippen LogP contribution in [0.1, 0.15) is 11.1 Å². The molecule has 0 atom stereocenters. The molecule has 14 heavy (non-hydrogen) atoms. The number of hydrogen-bond acceptors (Lipinski definition) is 3. The average Bonchev–Trinajstić information content (AvgIpc) is 2.25. The molecule has 0 amide bonds. The van der Waals surface area contributed by atoms with Crippen LogP contribution in [0.4, 0.5) is 0 Å². The lowest BCUT2D eigenvalue weighted by Gasteiger charge is -2.07. The van der Waals surface area contributed by atoms with Crippen LogP contribution in [0.25, 0.3) is 0 Å². The summed E-state index contributed by atoms with van der Waals surface area (Å²) in [6.45, 7) is 0.00741. The van der Waals surface area contributed by atoms with E-state index in [1.807, 2.05) is 18.2 Å². The molecule has 0 radical (unpaired) electrons. The van der Waals surface area contributed by atoms with E-state index < -0.39 is 0 Å². The van der Waals surface area contributed by atoms with E-state index >= 15 is 0 Å². The number of alkyl halides is 2. The Kier molecular flexibility index (Phi) is 5.04.